The molecule has 1 aromatic carbocycles. The van der Waals surface area contributed by atoms with E-state index in [4.69, 9.17) is 23.2 Å². The average molecular weight is 313 g/mol. The minimum absolute atomic E-state index is 0.158. The van der Waals surface area contributed by atoms with Gasteiger partial charge in [-0.1, -0.05) is 11.6 Å². The smallest absolute Gasteiger partial charge is 0.144 e. The molecule has 0 bridgehead atoms. The van der Waals surface area contributed by atoms with Crippen molar-refractivity contribution in [3.63, 3.8) is 0 Å². The van der Waals surface area contributed by atoms with E-state index in [1.54, 1.807) is 6.07 Å². The van der Waals surface area contributed by atoms with Gasteiger partial charge in [0.25, 0.3) is 0 Å². The summed E-state index contributed by atoms with van der Waals surface area (Å²) in [5, 5.41) is 0.158. The molecule has 5 heteroatoms. The average Bonchev–Trinajstić information content (AvgIpc) is 3.31. The normalized spacial score (nSPS) is 19.2. The fraction of sp³-hybridized carbons (Fsp3) is 0.533. The number of aromatic nitrogens is 2. The van der Waals surface area contributed by atoms with Crippen LogP contribution in [0.3, 0.4) is 0 Å². The van der Waals surface area contributed by atoms with E-state index in [1.165, 1.54) is 31.7 Å². The van der Waals surface area contributed by atoms with Gasteiger partial charge in [0.15, 0.2) is 0 Å². The van der Waals surface area contributed by atoms with Crippen LogP contribution < -0.4 is 0 Å². The van der Waals surface area contributed by atoms with Crippen LogP contribution in [0.2, 0.25) is 5.02 Å². The van der Waals surface area contributed by atoms with Crippen LogP contribution in [-0.2, 0) is 5.88 Å². The molecular weight excluding hydrogens is 298 g/mol. The maximum Gasteiger partial charge on any atom is 0.144 e. The standard InChI is InChI=1S/C15H15Cl2FN2/c16-7-14-19-12-6-11(18)10(17)5-13(12)20(14)15(8-1-2-8)9-3-4-9/h5-6,8-9,15H,1-4,7H2. The first-order valence-corrected chi connectivity index (χ1v) is 8.02. The quantitative estimate of drug-likeness (QED) is 0.732. The zero-order valence-electron chi connectivity index (χ0n) is 11.0. The first kappa shape index (κ1) is 12.9. The summed E-state index contributed by atoms with van der Waals surface area (Å²) in [5.74, 6) is 2.23. The number of nitrogens with zero attached hydrogens (tertiary/aromatic N) is 2. The molecule has 2 aromatic rings. The zero-order chi connectivity index (χ0) is 13.9. The van der Waals surface area contributed by atoms with Crippen molar-refractivity contribution >= 4 is 34.2 Å². The van der Waals surface area contributed by atoms with Crippen molar-refractivity contribution in [3.8, 4) is 0 Å². The van der Waals surface area contributed by atoms with Crippen molar-refractivity contribution in [2.24, 2.45) is 11.8 Å². The Morgan fingerprint density at radius 3 is 2.45 bits per heavy atom. The highest BCUT2D eigenvalue weighted by Crippen LogP contribution is 2.53. The molecule has 4 rings (SSSR count). The van der Waals surface area contributed by atoms with E-state index in [-0.39, 0.29) is 5.02 Å². The Hall–Kier alpha value is -0.800. The highest BCUT2D eigenvalue weighted by Gasteiger charge is 2.43. The summed E-state index contributed by atoms with van der Waals surface area (Å²) in [6.45, 7) is 0. The molecule has 2 nitrogen and oxygen atoms in total. The van der Waals surface area contributed by atoms with Crippen LogP contribution in [0.15, 0.2) is 12.1 Å². The van der Waals surface area contributed by atoms with Crippen LogP contribution in [0.25, 0.3) is 11.0 Å². The Morgan fingerprint density at radius 2 is 1.90 bits per heavy atom. The maximum absolute atomic E-state index is 13.6. The summed E-state index contributed by atoms with van der Waals surface area (Å²) < 4.78 is 15.9. The van der Waals surface area contributed by atoms with Crippen LogP contribution in [0, 0.1) is 17.7 Å². The molecular formula is C15H15Cl2FN2. The molecule has 106 valence electrons. The monoisotopic (exact) mass is 312 g/mol. The first-order chi connectivity index (χ1) is 9.69. The van der Waals surface area contributed by atoms with Crippen molar-refractivity contribution in [1.29, 1.82) is 0 Å². The number of hydrogen-bond donors (Lipinski definition) is 0. The Balaban J connectivity index is 1.93. The van der Waals surface area contributed by atoms with Crippen molar-refractivity contribution < 1.29 is 4.39 Å². The topological polar surface area (TPSA) is 17.8 Å². The van der Waals surface area contributed by atoms with E-state index in [2.05, 4.69) is 9.55 Å². The van der Waals surface area contributed by atoms with Gasteiger partial charge >= 0.3 is 0 Å². The lowest BCUT2D eigenvalue weighted by molar-refractivity contribution is 0.396. The molecule has 0 saturated heterocycles. The number of alkyl halides is 1. The second-order valence-corrected chi connectivity index (χ2v) is 6.63. The summed E-state index contributed by atoms with van der Waals surface area (Å²) in [6, 6.07) is 3.59. The maximum atomic E-state index is 13.6. The van der Waals surface area contributed by atoms with Crippen LogP contribution in [0.4, 0.5) is 4.39 Å². The predicted molar refractivity (Wildman–Crippen MR) is 78.7 cm³/mol. The number of benzene rings is 1. The largest absolute Gasteiger partial charge is 0.323 e. The third-order valence-electron chi connectivity index (χ3n) is 4.43. The minimum atomic E-state index is -0.417. The molecule has 0 spiro atoms. The fourth-order valence-electron chi connectivity index (χ4n) is 3.25. The molecule has 1 aromatic heterocycles. The van der Waals surface area contributed by atoms with E-state index in [1.807, 2.05) is 0 Å². The summed E-state index contributed by atoms with van der Waals surface area (Å²) in [6.07, 6.45) is 5.10. The number of fused-ring (bicyclic) bond motifs is 1. The molecule has 2 aliphatic carbocycles. The van der Waals surface area contributed by atoms with E-state index in [9.17, 15) is 4.39 Å². The van der Waals surface area contributed by atoms with Crippen molar-refractivity contribution in [3.05, 3.63) is 28.8 Å². The second kappa shape index (κ2) is 4.60. The Kier molecular flexibility index (Phi) is 2.97. The fourth-order valence-corrected chi connectivity index (χ4v) is 3.60. The molecule has 0 atom stereocenters. The molecule has 0 unspecified atom stereocenters. The van der Waals surface area contributed by atoms with E-state index in [0.717, 1.165) is 23.2 Å². The molecule has 1 heterocycles. The van der Waals surface area contributed by atoms with Crippen LogP contribution in [-0.4, -0.2) is 9.55 Å². The minimum Gasteiger partial charge on any atom is -0.323 e. The molecule has 0 amide bonds. The summed E-state index contributed by atoms with van der Waals surface area (Å²) in [4.78, 5) is 4.51. The van der Waals surface area contributed by atoms with Gasteiger partial charge < -0.3 is 4.57 Å². The van der Waals surface area contributed by atoms with Gasteiger partial charge in [0.2, 0.25) is 0 Å². The van der Waals surface area contributed by atoms with Gasteiger partial charge in [0.1, 0.15) is 11.6 Å². The number of halogens is 3. The molecule has 2 aliphatic rings. The highest BCUT2D eigenvalue weighted by atomic mass is 35.5. The Morgan fingerprint density at radius 1 is 1.25 bits per heavy atom. The van der Waals surface area contributed by atoms with Gasteiger partial charge in [-0.2, -0.15) is 0 Å². The molecule has 0 N–H and O–H groups in total. The van der Waals surface area contributed by atoms with Gasteiger partial charge in [-0.15, -0.1) is 11.6 Å². The van der Waals surface area contributed by atoms with Gasteiger partial charge in [-0.05, 0) is 43.6 Å². The Bertz CT molecular complexity index is 662. The lowest BCUT2D eigenvalue weighted by Gasteiger charge is -2.21. The van der Waals surface area contributed by atoms with Gasteiger partial charge in [0, 0.05) is 12.1 Å². The van der Waals surface area contributed by atoms with E-state index >= 15 is 0 Å². The summed E-state index contributed by atoms with van der Waals surface area (Å²) in [5.41, 5.74) is 1.59. The third kappa shape index (κ3) is 2.03. The van der Waals surface area contributed by atoms with Crippen molar-refractivity contribution in [2.45, 2.75) is 37.6 Å². The molecule has 20 heavy (non-hydrogen) atoms. The van der Waals surface area contributed by atoms with Crippen LogP contribution in [0.5, 0.6) is 0 Å². The van der Waals surface area contributed by atoms with Gasteiger partial charge in [0.05, 0.1) is 21.9 Å². The Labute approximate surface area is 126 Å². The molecule has 2 saturated carbocycles. The molecule has 0 aliphatic heterocycles. The summed E-state index contributed by atoms with van der Waals surface area (Å²) >= 11 is 12.0. The number of rotatable bonds is 4. The molecule has 0 radical (unpaired) electrons. The number of imidazole rings is 1. The first-order valence-electron chi connectivity index (χ1n) is 7.11. The van der Waals surface area contributed by atoms with Crippen molar-refractivity contribution in [1.82, 2.24) is 9.55 Å². The summed E-state index contributed by atoms with van der Waals surface area (Å²) in [7, 11) is 0. The van der Waals surface area contributed by atoms with E-state index < -0.39 is 5.82 Å². The highest BCUT2D eigenvalue weighted by molar-refractivity contribution is 6.31. The lowest BCUT2D eigenvalue weighted by Crippen LogP contribution is -2.16. The molecule has 2 fully saturated rings. The SMILES string of the molecule is Fc1cc2nc(CCl)n(C(C3CC3)C3CC3)c2cc1Cl. The third-order valence-corrected chi connectivity index (χ3v) is 4.96. The predicted octanol–water partition coefficient (Wildman–Crippen LogP) is 4.93. The van der Waals surface area contributed by atoms with Crippen LogP contribution >= 0.6 is 23.2 Å². The van der Waals surface area contributed by atoms with Crippen molar-refractivity contribution in [2.75, 3.05) is 0 Å². The lowest BCUT2D eigenvalue weighted by atomic mass is 10.1. The zero-order valence-corrected chi connectivity index (χ0v) is 12.5. The van der Waals surface area contributed by atoms with Gasteiger partial charge in [-0.3, -0.25) is 0 Å². The number of hydrogen-bond acceptors (Lipinski definition) is 1. The van der Waals surface area contributed by atoms with Crippen LogP contribution in [0.1, 0.15) is 37.5 Å². The van der Waals surface area contributed by atoms with Gasteiger partial charge in [-0.25, -0.2) is 9.37 Å². The van der Waals surface area contributed by atoms with E-state index in [0.29, 0.717) is 17.4 Å². The second-order valence-electron chi connectivity index (χ2n) is 5.95.